The molecule has 0 radical (unpaired) electrons. The van der Waals surface area contributed by atoms with Crippen LogP contribution in [0.25, 0.3) is 0 Å². The largest absolute Gasteiger partial charge is 0.497 e. The van der Waals surface area contributed by atoms with E-state index in [1.165, 1.54) is 24.3 Å². The van der Waals surface area contributed by atoms with Gasteiger partial charge >= 0.3 is 0 Å². The SMILES string of the molecule is COc1ccc2c(c1)CCCN2C(=O)c1ccc(S(=O)(=O)NCCC#N)cc1. The van der Waals surface area contributed by atoms with E-state index >= 15 is 0 Å². The van der Waals surface area contributed by atoms with Gasteiger partial charge in [-0.2, -0.15) is 5.26 Å². The quantitative estimate of drug-likeness (QED) is 0.752. The van der Waals surface area contributed by atoms with Crippen molar-refractivity contribution in [1.82, 2.24) is 4.72 Å². The number of carbonyl (C=O) groups is 1. The predicted molar refractivity (Wildman–Crippen MR) is 105 cm³/mol. The lowest BCUT2D eigenvalue weighted by Crippen LogP contribution is -2.35. The number of ether oxygens (including phenoxy) is 1. The number of rotatable bonds is 6. The first-order valence-corrected chi connectivity index (χ1v) is 10.4. The van der Waals surface area contributed by atoms with Gasteiger partial charge in [-0.1, -0.05) is 0 Å². The number of nitriles is 1. The third kappa shape index (κ3) is 4.16. The van der Waals surface area contributed by atoms with Crippen LogP contribution in [0.2, 0.25) is 0 Å². The summed E-state index contributed by atoms with van der Waals surface area (Å²) in [7, 11) is -2.09. The average Bonchev–Trinajstić information content (AvgIpc) is 2.72. The van der Waals surface area contributed by atoms with Crippen molar-refractivity contribution in [3.05, 3.63) is 53.6 Å². The number of fused-ring (bicyclic) bond motifs is 1. The van der Waals surface area contributed by atoms with E-state index in [0.717, 1.165) is 29.8 Å². The summed E-state index contributed by atoms with van der Waals surface area (Å²) in [4.78, 5) is 14.8. The molecule has 2 aromatic carbocycles. The lowest BCUT2D eigenvalue weighted by Gasteiger charge is -2.30. The smallest absolute Gasteiger partial charge is 0.258 e. The molecule has 2 aromatic rings. The second kappa shape index (κ2) is 8.42. The molecule has 8 heteroatoms. The molecule has 28 heavy (non-hydrogen) atoms. The van der Waals surface area contributed by atoms with E-state index in [2.05, 4.69) is 4.72 Å². The molecule has 146 valence electrons. The number of benzene rings is 2. The fourth-order valence-corrected chi connectivity index (χ4v) is 4.20. The van der Waals surface area contributed by atoms with Gasteiger partial charge < -0.3 is 9.64 Å². The van der Waals surface area contributed by atoms with Crippen LogP contribution in [0.1, 0.15) is 28.8 Å². The maximum absolute atomic E-state index is 13.0. The molecule has 3 rings (SSSR count). The molecule has 1 N–H and O–H groups in total. The van der Waals surface area contributed by atoms with E-state index in [4.69, 9.17) is 10.00 Å². The van der Waals surface area contributed by atoms with Crippen LogP contribution in [0.3, 0.4) is 0 Å². The van der Waals surface area contributed by atoms with Crippen LogP contribution < -0.4 is 14.4 Å². The molecular weight excluding hydrogens is 378 g/mol. The van der Waals surface area contributed by atoms with Gasteiger partial charge in [0, 0.05) is 30.8 Å². The number of amides is 1. The Labute approximate surface area is 164 Å². The molecule has 0 atom stereocenters. The van der Waals surface area contributed by atoms with Gasteiger partial charge in [0.05, 0.1) is 18.1 Å². The molecule has 1 aliphatic rings. The van der Waals surface area contributed by atoms with Crippen molar-refractivity contribution in [2.24, 2.45) is 0 Å². The van der Waals surface area contributed by atoms with Crippen molar-refractivity contribution in [3.8, 4) is 11.8 Å². The van der Waals surface area contributed by atoms with Crippen molar-refractivity contribution < 1.29 is 17.9 Å². The Morgan fingerprint density at radius 3 is 2.68 bits per heavy atom. The van der Waals surface area contributed by atoms with Gasteiger partial charge in [-0.05, 0) is 60.9 Å². The van der Waals surface area contributed by atoms with Crippen molar-refractivity contribution >= 4 is 21.6 Å². The molecule has 7 nitrogen and oxygen atoms in total. The Hall–Kier alpha value is -2.89. The van der Waals surface area contributed by atoms with Gasteiger partial charge in [0.15, 0.2) is 0 Å². The maximum Gasteiger partial charge on any atom is 0.258 e. The highest BCUT2D eigenvalue weighted by Crippen LogP contribution is 2.31. The molecule has 1 aliphatic heterocycles. The normalized spacial score (nSPS) is 13.5. The Morgan fingerprint density at radius 1 is 1.25 bits per heavy atom. The van der Waals surface area contributed by atoms with Crippen LogP contribution in [0.5, 0.6) is 5.75 Å². The van der Waals surface area contributed by atoms with Crippen LogP contribution in [0, 0.1) is 11.3 Å². The van der Waals surface area contributed by atoms with E-state index < -0.39 is 10.0 Å². The zero-order valence-corrected chi connectivity index (χ0v) is 16.3. The van der Waals surface area contributed by atoms with Gasteiger partial charge in [0.25, 0.3) is 5.91 Å². The molecule has 0 saturated carbocycles. The zero-order chi connectivity index (χ0) is 20.1. The van der Waals surface area contributed by atoms with E-state index in [1.807, 2.05) is 24.3 Å². The molecule has 0 fully saturated rings. The third-order valence-electron chi connectivity index (χ3n) is 4.59. The van der Waals surface area contributed by atoms with Gasteiger partial charge in [-0.25, -0.2) is 13.1 Å². The van der Waals surface area contributed by atoms with Crippen molar-refractivity contribution in [2.45, 2.75) is 24.2 Å². The second-order valence-electron chi connectivity index (χ2n) is 6.39. The molecule has 1 heterocycles. The van der Waals surface area contributed by atoms with Crippen molar-refractivity contribution in [1.29, 1.82) is 5.26 Å². The number of nitrogens with one attached hydrogen (secondary N) is 1. The minimum Gasteiger partial charge on any atom is -0.497 e. The number of hydrogen-bond donors (Lipinski definition) is 1. The molecule has 0 aliphatic carbocycles. The van der Waals surface area contributed by atoms with Crippen LogP contribution >= 0.6 is 0 Å². The van der Waals surface area contributed by atoms with E-state index in [1.54, 1.807) is 12.0 Å². The van der Waals surface area contributed by atoms with E-state index in [-0.39, 0.29) is 23.8 Å². The fraction of sp³-hybridized carbons (Fsp3) is 0.300. The number of anilines is 1. The molecule has 0 saturated heterocycles. The Bertz CT molecular complexity index is 1010. The number of hydrogen-bond acceptors (Lipinski definition) is 5. The molecule has 0 bridgehead atoms. The number of methoxy groups -OCH3 is 1. The number of aryl methyl sites for hydroxylation is 1. The van der Waals surface area contributed by atoms with Gasteiger partial charge in [0.1, 0.15) is 5.75 Å². The first kappa shape index (κ1) is 19.9. The molecule has 0 aromatic heterocycles. The van der Waals surface area contributed by atoms with Crippen molar-refractivity contribution in [2.75, 3.05) is 25.1 Å². The predicted octanol–water partition coefficient (Wildman–Crippen LogP) is 2.48. The first-order chi connectivity index (χ1) is 13.5. The zero-order valence-electron chi connectivity index (χ0n) is 15.5. The summed E-state index contributed by atoms with van der Waals surface area (Å²) in [6.07, 6.45) is 1.82. The lowest BCUT2D eigenvalue weighted by molar-refractivity contribution is 0.0985. The summed E-state index contributed by atoms with van der Waals surface area (Å²) in [5.74, 6) is 0.582. The fourth-order valence-electron chi connectivity index (χ4n) is 3.17. The number of carbonyl (C=O) groups excluding carboxylic acids is 1. The summed E-state index contributed by atoms with van der Waals surface area (Å²) in [5, 5.41) is 8.52. The lowest BCUT2D eigenvalue weighted by atomic mass is 10.0. The molecule has 0 unspecified atom stereocenters. The minimum atomic E-state index is -3.70. The Morgan fingerprint density at radius 2 is 2.00 bits per heavy atom. The molecular formula is C20H21N3O4S. The van der Waals surface area contributed by atoms with Gasteiger partial charge in [0.2, 0.25) is 10.0 Å². The first-order valence-electron chi connectivity index (χ1n) is 8.92. The summed E-state index contributed by atoms with van der Waals surface area (Å²) >= 11 is 0. The van der Waals surface area contributed by atoms with Gasteiger partial charge in [-0.3, -0.25) is 4.79 Å². The highest BCUT2D eigenvalue weighted by molar-refractivity contribution is 7.89. The van der Waals surface area contributed by atoms with Crippen LogP contribution in [-0.2, 0) is 16.4 Å². The van der Waals surface area contributed by atoms with Crippen LogP contribution in [-0.4, -0.2) is 34.5 Å². The Balaban J connectivity index is 1.80. The standard InChI is InChI=1S/C20H21N3O4S/c1-27-17-7-10-19-16(14-17)4-2-13-23(19)20(24)15-5-8-18(9-6-15)28(25,26)22-12-3-11-21/h5-10,14,22H,2-4,12-13H2,1H3. The number of sulfonamides is 1. The highest BCUT2D eigenvalue weighted by Gasteiger charge is 2.24. The second-order valence-corrected chi connectivity index (χ2v) is 8.15. The average molecular weight is 399 g/mol. The molecule has 1 amide bonds. The topological polar surface area (TPSA) is 99.5 Å². The molecule has 0 spiro atoms. The third-order valence-corrected chi connectivity index (χ3v) is 6.07. The summed E-state index contributed by atoms with van der Waals surface area (Å²) in [6.45, 7) is 0.654. The number of nitrogens with zero attached hydrogens (tertiary/aromatic N) is 2. The summed E-state index contributed by atoms with van der Waals surface area (Å²) in [6, 6.07) is 13.4. The van der Waals surface area contributed by atoms with Crippen LogP contribution in [0.15, 0.2) is 47.4 Å². The van der Waals surface area contributed by atoms with E-state index in [0.29, 0.717) is 12.1 Å². The summed E-state index contributed by atoms with van der Waals surface area (Å²) < 4.78 is 32.0. The van der Waals surface area contributed by atoms with Crippen molar-refractivity contribution in [3.63, 3.8) is 0 Å². The highest BCUT2D eigenvalue weighted by atomic mass is 32.2. The Kier molecular flexibility index (Phi) is 5.97. The maximum atomic E-state index is 13.0. The minimum absolute atomic E-state index is 0.0491. The van der Waals surface area contributed by atoms with Gasteiger partial charge in [-0.15, -0.1) is 0 Å². The van der Waals surface area contributed by atoms with Crippen LogP contribution in [0.4, 0.5) is 5.69 Å². The monoisotopic (exact) mass is 399 g/mol. The van der Waals surface area contributed by atoms with E-state index in [9.17, 15) is 13.2 Å². The summed E-state index contributed by atoms with van der Waals surface area (Å²) in [5.41, 5.74) is 2.33.